The maximum atomic E-state index is 10.7. The van der Waals surface area contributed by atoms with E-state index in [0.717, 1.165) is 0 Å². The zero-order chi connectivity index (χ0) is 9.56. The molecule has 0 heterocycles. The van der Waals surface area contributed by atoms with Crippen LogP contribution in [0.5, 0.6) is 0 Å². The van der Waals surface area contributed by atoms with Crippen molar-refractivity contribution in [3.8, 4) is 0 Å². The summed E-state index contributed by atoms with van der Waals surface area (Å²) in [6.07, 6.45) is 1.41. The first kappa shape index (κ1) is 10.7. The molecule has 0 aliphatic carbocycles. The van der Waals surface area contributed by atoms with E-state index in [2.05, 4.69) is 6.58 Å². The van der Waals surface area contributed by atoms with Gasteiger partial charge >= 0.3 is 5.97 Å². The molecule has 0 aromatic rings. The molecular formula is C8H12O4. The van der Waals surface area contributed by atoms with Crippen LogP contribution in [0.25, 0.3) is 0 Å². The molecule has 0 fully saturated rings. The Hall–Kier alpha value is -1.32. The Bertz CT molecular complexity index is 171. The molecule has 0 amide bonds. The Morgan fingerprint density at radius 1 is 1.67 bits per heavy atom. The lowest BCUT2D eigenvalue weighted by Gasteiger charge is -2.07. The maximum Gasteiger partial charge on any atom is 0.314 e. The molecule has 0 aliphatic heterocycles. The van der Waals surface area contributed by atoms with E-state index in [0.29, 0.717) is 0 Å². The smallest absolute Gasteiger partial charge is 0.314 e. The van der Waals surface area contributed by atoms with E-state index in [9.17, 15) is 9.59 Å². The Morgan fingerprint density at radius 2 is 2.25 bits per heavy atom. The van der Waals surface area contributed by atoms with E-state index in [1.807, 2.05) is 0 Å². The molecule has 0 spiro atoms. The van der Waals surface area contributed by atoms with Gasteiger partial charge in [-0.05, 0) is 6.92 Å². The molecule has 0 radical (unpaired) electrons. The number of ether oxygens (including phenoxy) is 1. The first-order valence-electron chi connectivity index (χ1n) is 3.55. The summed E-state index contributed by atoms with van der Waals surface area (Å²) in [5.74, 6) is -2.41. The first-order valence-corrected chi connectivity index (χ1v) is 3.55. The van der Waals surface area contributed by atoms with E-state index in [4.69, 9.17) is 9.84 Å². The minimum Gasteiger partial charge on any atom is -0.502 e. The molecule has 4 nitrogen and oxygen atoms in total. The van der Waals surface area contributed by atoms with Crippen molar-refractivity contribution in [1.29, 1.82) is 0 Å². The summed E-state index contributed by atoms with van der Waals surface area (Å²) in [5, 5.41) is 8.54. The van der Waals surface area contributed by atoms with Gasteiger partial charge in [-0.3, -0.25) is 9.59 Å². The van der Waals surface area contributed by atoms with Gasteiger partial charge in [0.25, 0.3) is 0 Å². The molecule has 0 aromatic carbocycles. The first-order chi connectivity index (χ1) is 5.59. The van der Waals surface area contributed by atoms with Crippen LogP contribution in [0.4, 0.5) is 0 Å². The number of hydrogen-bond acceptors (Lipinski definition) is 3. The van der Waals surface area contributed by atoms with Crippen LogP contribution in [0.3, 0.4) is 0 Å². The average Bonchev–Trinajstić information content (AvgIpc) is 1.96. The molecular weight excluding hydrogens is 160 g/mol. The Kier molecular flexibility index (Phi) is 4.76. The van der Waals surface area contributed by atoms with Gasteiger partial charge in [0, 0.05) is 6.42 Å². The zero-order valence-electron chi connectivity index (χ0n) is 6.95. The Morgan fingerprint density at radius 3 is 2.58 bits per heavy atom. The lowest BCUT2D eigenvalue weighted by atomic mass is 10.0. The number of Topliss-reactive ketones (excluding diaryl/α,β-unsaturated/α-hetero) is 1. The van der Waals surface area contributed by atoms with Gasteiger partial charge in [-0.2, -0.15) is 0 Å². The van der Waals surface area contributed by atoms with Crippen molar-refractivity contribution < 1.29 is 19.4 Å². The fraction of sp³-hybridized carbons (Fsp3) is 0.500. The molecule has 12 heavy (non-hydrogen) atoms. The molecule has 0 bridgehead atoms. The second kappa shape index (κ2) is 5.35. The van der Waals surface area contributed by atoms with E-state index >= 15 is 0 Å². The van der Waals surface area contributed by atoms with Gasteiger partial charge in [0.1, 0.15) is 11.7 Å². The highest BCUT2D eigenvalue weighted by atomic mass is 16.5. The third-order valence-corrected chi connectivity index (χ3v) is 1.43. The van der Waals surface area contributed by atoms with Crippen molar-refractivity contribution >= 4 is 11.8 Å². The molecule has 4 heteroatoms. The maximum absolute atomic E-state index is 10.7. The van der Waals surface area contributed by atoms with Gasteiger partial charge in [-0.1, -0.05) is 6.58 Å². The van der Waals surface area contributed by atoms with Crippen molar-refractivity contribution in [2.75, 3.05) is 6.61 Å². The van der Waals surface area contributed by atoms with Crippen molar-refractivity contribution in [3.63, 3.8) is 0 Å². The summed E-state index contributed by atoms with van der Waals surface area (Å²) in [5.41, 5.74) is 0. The molecule has 1 unspecified atom stereocenters. The van der Waals surface area contributed by atoms with E-state index < -0.39 is 11.9 Å². The van der Waals surface area contributed by atoms with Crippen molar-refractivity contribution in [1.82, 2.24) is 0 Å². The molecule has 1 atom stereocenters. The van der Waals surface area contributed by atoms with Gasteiger partial charge < -0.3 is 9.84 Å². The van der Waals surface area contributed by atoms with Gasteiger partial charge in [-0.15, -0.1) is 0 Å². The summed E-state index contributed by atoms with van der Waals surface area (Å²) >= 11 is 0. The largest absolute Gasteiger partial charge is 0.502 e. The SMILES string of the molecule is C=COCCC(C(C)=O)C(=O)O. The second-order valence-electron chi connectivity index (χ2n) is 2.33. The molecule has 0 aliphatic rings. The summed E-state index contributed by atoms with van der Waals surface area (Å²) in [6, 6.07) is 0. The van der Waals surface area contributed by atoms with Gasteiger partial charge in [0.05, 0.1) is 12.9 Å². The monoisotopic (exact) mass is 172 g/mol. The number of hydrogen-bond donors (Lipinski definition) is 1. The van der Waals surface area contributed by atoms with Crippen LogP contribution in [0.1, 0.15) is 13.3 Å². The van der Waals surface area contributed by atoms with Crippen LogP contribution < -0.4 is 0 Å². The van der Waals surface area contributed by atoms with Crippen LogP contribution in [-0.4, -0.2) is 23.5 Å². The topological polar surface area (TPSA) is 63.6 Å². The van der Waals surface area contributed by atoms with Crippen molar-refractivity contribution in [2.24, 2.45) is 5.92 Å². The fourth-order valence-electron chi connectivity index (χ4n) is 0.770. The number of carbonyl (C=O) groups excluding carboxylic acids is 1. The predicted octanol–water partition coefficient (Wildman–Crippen LogP) is 0.826. The number of ketones is 1. The van der Waals surface area contributed by atoms with Crippen molar-refractivity contribution in [3.05, 3.63) is 12.8 Å². The molecule has 0 saturated carbocycles. The van der Waals surface area contributed by atoms with Crippen LogP contribution in [-0.2, 0) is 14.3 Å². The lowest BCUT2D eigenvalue weighted by Crippen LogP contribution is -2.22. The summed E-state index contributed by atoms with van der Waals surface area (Å²) in [6.45, 7) is 4.76. The third kappa shape index (κ3) is 3.75. The summed E-state index contributed by atoms with van der Waals surface area (Å²) < 4.78 is 4.71. The van der Waals surface area contributed by atoms with Gasteiger partial charge in [0.15, 0.2) is 0 Å². The Labute approximate surface area is 70.8 Å². The summed E-state index contributed by atoms with van der Waals surface area (Å²) in [7, 11) is 0. The number of carboxylic acids is 1. The molecule has 68 valence electrons. The van der Waals surface area contributed by atoms with Crippen LogP contribution in [0.15, 0.2) is 12.8 Å². The minimum absolute atomic E-state index is 0.191. The third-order valence-electron chi connectivity index (χ3n) is 1.43. The van der Waals surface area contributed by atoms with Gasteiger partial charge in [0.2, 0.25) is 0 Å². The van der Waals surface area contributed by atoms with Crippen LogP contribution in [0, 0.1) is 5.92 Å². The molecule has 0 rings (SSSR count). The standard InChI is InChI=1S/C8H12O4/c1-3-12-5-4-7(6(2)9)8(10)11/h3,7H,1,4-5H2,2H3,(H,10,11). The lowest BCUT2D eigenvalue weighted by molar-refractivity contribution is -0.146. The zero-order valence-corrected chi connectivity index (χ0v) is 6.95. The van der Waals surface area contributed by atoms with E-state index in [1.165, 1.54) is 13.2 Å². The number of carbonyl (C=O) groups is 2. The van der Waals surface area contributed by atoms with Crippen LogP contribution in [0.2, 0.25) is 0 Å². The number of rotatable bonds is 6. The molecule has 1 N–H and O–H groups in total. The average molecular weight is 172 g/mol. The highest BCUT2D eigenvalue weighted by molar-refractivity contribution is 5.96. The Balaban J connectivity index is 3.88. The highest BCUT2D eigenvalue weighted by Crippen LogP contribution is 2.04. The number of aliphatic carboxylic acids is 1. The number of carboxylic acid groups (broad SMARTS) is 1. The van der Waals surface area contributed by atoms with Crippen LogP contribution >= 0.6 is 0 Å². The highest BCUT2D eigenvalue weighted by Gasteiger charge is 2.21. The molecule has 0 aromatic heterocycles. The fourth-order valence-corrected chi connectivity index (χ4v) is 0.770. The minimum atomic E-state index is -1.10. The van der Waals surface area contributed by atoms with Crippen molar-refractivity contribution in [2.45, 2.75) is 13.3 Å². The van der Waals surface area contributed by atoms with E-state index in [-0.39, 0.29) is 18.8 Å². The predicted molar refractivity (Wildman–Crippen MR) is 42.6 cm³/mol. The second-order valence-corrected chi connectivity index (χ2v) is 2.33. The van der Waals surface area contributed by atoms with Gasteiger partial charge in [-0.25, -0.2) is 0 Å². The van der Waals surface area contributed by atoms with E-state index in [1.54, 1.807) is 0 Å². The molecule has 0 saturated heterocycles. The normalized spacial score (nSPS) is 11.8. The quantitative estimate of drug-likeness (QED) is 0.366. The summed E-state index contributed by atoms with van der Waals surface area (Å²) in [4.78, 5) is 21.2.